The summed E-state index contributed by atoms with van der Waals surface area (Å²) in [5, 5.41) is 18.1. The van der Waals surface area contributed by atoms with Crippen LogP contribution in [0.2, 0.25) is 0 Å². The van der Waals surface area contributed by atoms with E-state index in [4.69, 9.17) is 9.15 Å². The predicted octanol–water partition coefficient (Wildman–Crippen LogP) is 3.09. The zero-order valence-corrected chi connectivity index (χ0v) is 17.6. The van der Waals surface area contributed by atoms with Crippen molar-refractivity contribution in [2.75, 3.05) is 5.32 Å². The van der Waals surface area contributed by atoms with E-state index in [0.29, 0.717) is 33.8 Å². The number of fused-ring (bicyclic) bond motifs is 1. The number of nitrogens with zero attached hydrogens (tertiary/aromatic N) is 1. The van der Waals surface area contributed by atoms with Crippen molar-refractivity contribution in [1.82, 2.24) is 10.3 Å². The average Bonchev–Trinajstić information content (AvgIpc) is 3.42. The van der Waals surface area contributed by atoms with E-state index in [-0.39, 0.29) is 36.4 Å². The summed E-state index contributed by atoms with van der Waals surface area (Å²) in [5.74, 6) is -0.471. The maximum atomic E-state index is 12.3. The quantitative estimate of drug-likeness (QED) is 0.378. The van der Waals surface area contributed by atoms with Crippen LogP contribution < -0.4 is 16.3 Å². The molecule has 3 aromatic rings. The smallest absolute Gasteiger partial charge is 0.336 e. The van der Waals surface area contributed by atoms with E-state index in [1.54, 1.807) is 11.4 Å². The molecule has 2 amide bonds. The number of esters is 1. The molecule has 9 nitrogen and oxygen atoms in total. The molecule has 0 atom stereocenters. The van der Waals surface area contributed by atoms with Gasteiger partial charge in [-0.15, -0.1) is 11.3 Å². The number of hydrogen-bond donors (Lipinski definition) is 3. The van der Waals surface area contributed by atoms with Crippen molar-refractivity contribution >= 4 is 39.4 Å². The number of anilines is 1. The Balaban J connectivity index is 1.39. The van der Waals surface area contributed by atoms with Gasteiger partial charge in [-0.25, -0.2) is 14.6 Å². The normalized spacial score (nSPS) is 13.2. The van der Waals surface area contributed by atoms with Gasteiger partial charge >= 0.3 is 17.6 Å². The summed E-state index contributed by atoms with van der Waals surface area (Å²) in [5.41, 5.74) is 1.30. The molecule has 0 unspecified atom stereocenters. The molecule has 4 rings (SSSR count). The van der Waals surface area contributed by atoms with Crippen molar-refractivity contribution in [2.45, 2.75) is 45.3 Å². The minimum absolute atomic E-state index is 0.0473. The van der Waals surface area contributed by atoms with E-state index in [0.717, 1.165) is 12.8 Å². The van der Waals surface area contributed by atoms with Crippen LogP contribution in [0.1, 0.15) is 36.6 Å². The maximum absolute atomic E-state index is 12.3. The number of benzene rings is 1. The third-order valence-electron chi connectivity index (χ3n) is 4.81. The number of carbonyl (C=O) groups excluding carboxylic acids is 2. The number of phenolic OH excluding ortho intramolecular Hbond substituents is 1. The van der Waals surface area contributed by atoms with E-state index < -0.39 is 11.6 Å². The van der Waals surface area contributed by atoms with E-state index in [1.165, 1.54) is 23.5 Å². The van der Waals surface area contributed by atoms with Gasteiger partial charge in [0.15, 0.2) is 5.13 Å². The average molecular weight is 443 g/mol. The first kappa shape index (κ1) is 20.9. The summed E-state index contributed by atoms with van der Waals surface area (Å²) in [6.45, 7) is 1.78. The molecule has 2 aromatic heterocycles. The number of ether oxygens (including phenoxy) is 1. The topological polar surface area (TPSA) is 131 Å². The van der Waals surface area contributed by atoms with Gasteiger partial charge in [-0.05, 0) is 30.9 Å². The van der Waals surface area contributed by atoms with Crippen LogP contribution in [0.3, 0.4) is 0 Å². The number of aromatic hydroxyl groups is 1. The van der Waals surface area contributed by atoms with E-state index in [9.17, 15) is 19.5 Å². The maximum Gasteiger partial charge on any atom is 0.336 e. The molecular weight excluding hydrogens is 422 g/mol. The highest BCUT2D eigenvalue weighted by Crippen LogP contribution is 2.27. The molecular formula is C21H21N3O6S. The lowest BCUT2D eigenvalue weighted by Gasteiger charge is -2.09. The lowest BCUT2D eigenvalue weighted by atomic mass is 10.0. The fourth-order valence-electron chi connectivity index (χ4n) is 3.06. The van der Waals surface area contributed by atoms with Gasteiger partial charge in [-0.2, -0.15) is 0 Å². The highest BCUT2D eigenvalue weighted by atomic mass is 32.1. The lowest BCUT2D eigenvalue weighted by Crippen LogP contribution is -2.30. The molecule has 3 N–H and O–H groups in total. The van der Waals surface area contributed by atoms with Crippen molar-refractivity contribution in [3.8, 4) is 5.75 Å². The molecule has 1 aliphatic rings. The van der Waals surface area contributed by atoms with Gasteiger partial charge in [-0.1, -0.05) is 6.92 Å². The Labute approximate surface area is 181 Å². The van der Waals surface area contributed by atoms with E-state index >= 15 is 0 Å². The van der Waals surface area contributed by atoms with Crippen molar-refractivity contribution in [1.29, 1.82) is 0 Å². The van der Waals surface area contributed by atoms with Gasteiger partial charge in [0.05, 0.1) is 12.1 Å². The number of carbonyl (C=O) groups is 2. The Morgan fingerprint density at radius 3 is 2.84 bits per heavy atom. The summed E-state index contributed by atoms with van der Waals surface area (Å²) >= 11 is 1.22. The standard InChI is InChI=1S/C21H21N3O6S/c1-2-11-5-15-12(6-19(27)30-17(15)8-16(11)25)9-29-18(26)7-14-10-31-21(23-14)24-20(28)22-13-3-4-13/h5-6,8,10,13,25H,2-4,7,9H2,1H3,(H2,22,23,24,28). The van der Waals surface area contributed by atoms with Crippen molar-refractivity contribution in [2.24, 2.45) is 0 Å². The number of nitrogens with one attached hydrogen (secondary N) is 2. The van der Waals surface area contributed by atoms with Crippen LogP contribution >= 0.6 is 11.3 Å². The molecule has 0 aliphatic heterocycles. The van der Waals surface area contributed by atoms with Crippen molar-refractivity contribution in [3.63, 3.8) is 0 Å². The van der Waals surface area contributed by atoms with Crippen LogP contribution in [0.15, 0.2) is 32.8 Å². The molecule has 0 radical (unpaired) electrons. The molecule has 2 heterocycles. The number of aromatic nitrogens is 1. The molecule has 0 saturated heterocycles. The van der Waals surface area contributed by atoms with Gasteiger partial charge in [-0.3, -0.25) is 10.1 Å². The summed E-state index contributed by atoms with van der Waals surface area (Å²) in [7, 11) is 0. The van der Waals surface area contributed by atoms with Gasteiger partial charge in [0.2, 0.25) is 0 Å². The van der Waals surface area contributed by atoms with Crippen LogP contribution in [0.25, 0.3) is 11.0 Å². The molecule has 31 heavy (non-hydrogen) atoms. The molecule has 0 bridgehead atoms. The molecule has 162 valence electrons. The van der Waals surface area contributed by atoms with Gasteiger partial charge in [0.25, 0.3) is 0 Å². The largest absolute Gasteiger partial charge is 0.508 e. The minimum atomic E-state index is -0.595. The van der Waals surface area contributed by atoms with E-state index in [1.807, 2.05) is 6.92 Å². The fraction of sp³-hybridized carbons (Fsp3) is 0.333. The number of hydrogen-bond acceptors (Lipinski definition) is 8. The van der Waals surface area contributed by atoms with Crippen LogP contribution in [-0.2, 0) is 29.0 Å². The molecule has 0 spiro atoms. The van der Waals surface area contributed by atoms with Gasteiger partial charge in [0.1, 0.15) is 17.9 Å². The number of amides is 2. The van der Waals surface area contributed by atoms with Gasteiger partial charge < -0.3 is 19.6 Å². The first-order chi connectivity index (χ1) is 14.9. The van der Waals surface area contributed by atoms with Crippen LogP contribution in [0.5, 0.6) is 5.75 Å². The molecule has 1 aliphatic carbocycles. The molecule has 1 aromatic carbocycles. The van der Waals surface area contributed by atoms with Crippen LogP contribution in [0, 0.1) is 0 Å². The number of phenols is 1. The zero-order valence-electron chi connectivity index (χ0n) is 16.8. The Kier molecular flexibility index (Phi) is 5.90. The number of rotatable bonds is 7. The third kappa shape index (κ3) is 5.21. The summed E-state index contributed by atoms with van der Waals surface area (Å²) in [6, 6.07) is 4.32. The fourth-order valence-corrected chi connectivity index (χ4v) is 3.76. The van der Waals surface area contributed by atoms with Crippen molar-refractivity contribution in [3.05, 3.63) is 50.8 Å². The van der Waals surface area contributed by atoms with Crippen molar-refractivity contribution < 1.29 is 23.8 Å². The van der Waals surface area contributed by atoms with Gasteiger partial charge in [0, 0.05) is 34.5 Å². The second-order valence-corrected chi connectivity index (χ2v) is 8.13. The highest BCUT2D eigenvalue weighted by Gasteiger charge is 2.23. The first-order valence-corrected chi connectivity index (χ1v) is 10.8. The van der Waals surface area contributed by atoms with E-state index in [2.05, 4.69) is 15.6 Å². The Hall–Kier alpha value is -3.40. The summed E-state index contributed by atoms with van der Waals surface area (Å²) in [4.78, 5) is 40.1. The monoisotopic (exact) mass is 443 g/mol. The Bertz CT molecular complexity index is 1200. The Morgan fingerprint density at radius 2 is 2.10 bits per heavy atom. The van der Waals surface area contributed by atoms with Crippen LogP contribution in [0.4, 0.5) is 9.93 Å². The second-order valence-electron chi connectivity index (χ2n) is 7.28. The number of urea groups is 1. The third-order valence-corrected chi connectivity index (χ3v) is 5.62. The number of thiazole rings is 1. The zero-order chi connectivity index (χ0) is 22.0. The first-order valence-electron chi connectivity index (χ1n) is 9.87. The molecule has 1 fully saturated rings. The lowest BCUT2D eigenvalue weighted by molar-refractivity contribution is -0.144. The molecule has 10 heteroatoms. The SMILES string of the molecule is CCc1cc2c(COC(=O)Cc3csc(NC(=O)NC4CC4)n3)cc(=O)oc2cc1O. The minimum Gasteiger partial charge on any atom is -0.508 e. The second kappa shape index (κ2) is 8.76. The molecule has 1 saturated carbocycles. The summed E-state index contributed by atoms with van der Waals surface area (Å²) < 4.78 is 10.5. The predicted molar refractivity (Wildman–Crippen MR) is 114 cm³/mol. The highest BCUT2D eigenvalue weighted by molar-refractivity contribution is 7.13. The van der Waals surface area contributed by atoms with Crippen LogP contribution in [-0.4, -0.2) is 28.1 Å². The number of aryl methyl sites for hydroxylation is 1. The summed E-state index contributed by atoms with van der Waals surface area (Å²) in [6.07, 6.45) is 2.51. The Morgan fingerprint density at radius 1 is 1.29 bits per heavy atom.